The van der Waals surface area contributed by atoms with Crippen molar-refractivity contribution in [3.8, 4) is 16.9 Å². The molecule has 2 aromatic carbocycles. The first-order valence-electron chi connectivity index (χ1n) is 13.6. The first-order chi connectivity index (χ1) is 19.6. The zero-order chi connectivity index (χ0) is 29.1. The molecule has 3 aromatic rings. The highest BCUT2D eigenvalue weighted by Crippen LogP contribution is 2.37. The molecule has 0 bridgehead atoms. The summed E-state index contributed by atoms with van der Waals surface area (Å²) in [5, 5.41) is 13.8. The SMILES string of the molecule is CNS(=O)(=O)c1cccc(OCC(O)CNC2COC3(CCN(S(=O)(=O)c4cccc(-c5cc[nH]c5)c4)CC3)C2)c1. The van der Waals surface area contributed by atoms with Crippen molar-refractivity contribution in [2.45, 2.75) is 46.8 Å². The summed E-state index contributed by atoms with van der Waals surface area (Å²) in [6.45, 7) is 1.50. The van der Waals surface area contributed by atoms with Crippen LogP contribution in [-0.2, 0) is 24.8 Å². The predicted octanol–water partition coefficient (Wildman–Crippen LogP) is 1.93. The Balaban J connectivity index is 1.09. The molecule has 4 N–H and O–H groups in total. The fourth-order valence-electron chi connectivity index (χ4n) is 5.35. The molecule has 11 nitrogen and oxygen atoms in total. The van der Waals surface area contributed by atoms with E-state index in [2.05, 4.69) is 15.0 Å². The van der Waals surface area contributed by atoms with Crippen molar-refractivity contribution >= 4 is 20.0 Å². The van der Waals surface area contributed by atoms with Crippen molar-refractivity contribution in [3.63, 3.8) is 0 Å². The summed E-state index contributed by atoms with van der Waals surface area (Å²) in [4.78, 5) is 3.37. The average molecular weight is 605 g/mol. The minimum atomic E-state index is -3.63. The number of ether oxygens (including phenoxy) is 2. The van der Waals surface area contributed by atoms with Crippen molar-refractivity contribution in [1.82, 2.24) is 19.3 Å². The molecule has 3 heterocycles. The van der Waals surface area contributed by atoms with Crippen LogP contribution in [0.25, 0.3) is 11.1 Å². The first-order valence-corrected chi connectivity index (χ1v) is 16.5. The highest BCUT2D eigenvalue weighted by Gasteiger charge is 2.44. The quantitative estimate of drug-likeness (QED) is 0.259. The Kier molecular flexibility index (Phi) is 8.85. The van der Waals surface area contributed by atoms with Gasteiger partial charge in [-0.1, -0.05) is 18.2 Å². The molecule has 0 amide bonds. The van der Waals surface area contributed by atoms with Crippen molar-refractivity contribution in [1.29, 1.82) is 0 Å². The summed E-state index contributed by atoms with van der Waals surface area (Å²) < 4.78 is 66.3. The second-order valence-corrected chi connectivity index (χ2v) is 14.3. The topological polar surface area (TPSA) is 150 Å². The molecule has 2 fully saturated rings. The fourth-order valence-corrected chi connectivity index (χ4v) is 7.60. The van der Waals surface area contributed by atoms with E-state index in [-0.39, 0.29) is 29.0 Å². The summed E-state index contributed by atoms with van der Waals surface area (Å²) in [6.07, 6.45) is 4.74. The number of piperidine rings is 1. The Bertz CT molecular complexity index is 1540. The molecule has 2 saturated heterocycles. The molecule has 2 atom stereocenters. The Hall–Kier alpha value is -2.78. The number of aromatic amines is 1. The molecule has 5 rings (SSSR count). The van der Waals surface area contributed by atoms with Gasteiger partial charge in [0.15, 0.2) is 0 Å². The van der Waals surface area contributed by atoms with Gasteiger partial charge in [-0.15, -0.1) is 0 Å². The number of nitrogens with zero attached hydrogens (tertiary/aromatic N) is 1. The summed E-state index contributed by atoms with van der Waals surface area (Å²) in [6, 6.07) is 15.0. The number of nitrogens with one attached hydrogen (secondary N) is 3. The molecule has 2 aliphatic rings. The van der Waals surface area contributed by atoms with Crippen molar-refractivity contribution < 1.29 is 31.4 Å². The Morgan fingerprint density at radius 2 is 1.83 bits per heavy atom. The average Bonchev–Trinajstić information content (AvgIpc) is 3.66. The molecule has 1 aromatic heterocycles. The molecule has 0 aliphatic carbocycles. The predicted molar refractivity (Wildman–Crippen MR) is 154 cm³/mol. The minimum Gasteiger partial charge on any atom is -0.491 e. The maximum absolute atomic E-state index is 13.4. The first kappa shape index (κ1) is 29.7. The van der Waals surface area contributed by atoms with Gasteiger partial charge in [0.1, 0.15) is 18.5 Å². The van der Waals surface area contributed by atoms with Gasteiger partial charge >= 0.3 is 0 Å². The van der Waals surface area contributed by atoms with Crippen molar-refractivity contribution in [2.75, 3.05) is 39.9 Å². The van der Waals surface area contributed by atoms with Crippen LogP contribution < -0.4 is 14.8 Å². The Labute approximate surface area is 241 Å². The summed E-state index contributed by atoms with van der Waals surface area (Å²) in [5.74, 6) is 0.349. The van der Waals surface area contributed by atoms with Crippen LogP contribution in [0.5, 0.6) is 5.75 Å². The maximum atomic E-state index is 13.4. The van der Waals surface area contributed by atoms with Crippen LogP contribution in [0.3, 0.4) is 0 Å². The van der Waals surface area contributed by atoms with Gasteiger partial charge in [0.25, 0.3) is 0 Å². The lowest BCUT2D eigenvalue weighted by atomic mass is 9.88. The van der Waals surface area contributed by atoms with E-state index in [9.17, 15) is 21.9 Å². The smallest absolute Gasteiger partial charge is 0.243 e. The molecule has 1 spiro atoms. The zero-order valence-corrected chi connectivity index (χ0v) is 24.5. The van der Waals surface area contributed by atoms with E-state index in [1.165, 1.54) is 23.5 Å². The second-order valence-electron chi connectivity index (χ2n) is 10.5. The number of hydrogen-bond acceptors (Lipinski definition) is 8. The van der Waals surface area contributed by atoms with Crippen LogP contribution in [-0.4, -0.2) is 88.9 Å². The van der Waals surface area contributed by atoms with Gasteiger partial charge < -0.3 is 24.9 Å². The highest BCUT2D eigenvalue weighted by atomic mass is 32.2. The van der Waals surface area contributed by atoms with Crippen LogP contribution in [0.4, 0.5) is 0 Å². The van der Waals surface area contributed by atoms with E-state index < -0.39 is 31.8 Å². The largest absolute Gasteiger partial charge is 0.491 e. The molecular formula is C28H36N4O7S2. The number of aromatic nitrogens is 1. The number of benzene rings is 2. The number of hydrogen-bond donors (Lipinski definition) is 4. The van der Waals surface area contributed by atoms with E-state index in [1.54, 1.807) is 36.5 Å². The number of sulfonamides is 2. The van der Waals surface area contributed by atoms with E-state index >= 15 is 0 Å². The number of aliphatic hydroxyl groups is 1. The second kappa shape index (κ2) is 12.2. The monoisotopic (exact) mass is 604 g/mol. The molecule has 0 radical (unpaired) electrons. The van der Waals surface area contributed by atoms with Gasteiger partial charge in [0, 0.05) is 44.1 Å². The van der Waals surface area contributed by atoms with E-state index in [1.807, 2.05) is 18.3 Å². The number of rotatable bonds is 11. The zero-order valence-electron chi connectivity index (χ0n) is 22.8. The summed E-state index contributed by atoms with van der Waals surface area (Å²) >= 11 is 0. The molecule has 0 saturated carbocycles. The lowest BCUT2D eigenvalue weighted by Gasteiger charge is -2.38. The van der Waals surface area contributed by atoms with Crippen LogP contribution in [0.1, 0.15) is 19.3 Å². The van der Waals surface area contributed by atoms with Crippen LogP contribution >= 0.6 is 0 Å². The van der Waals surface area contributed by atoms with E-state index in [4.69, 9.17) is 9.47 Å². The van der Waals surface area contributed by atoms with Crippen LogP contribution in [0, 0.1) is 0 Å². The minimum absolute atomic E-state index is 0.00707. The normalized spacial score (nSPS) is 20.3. The molecule has 41 heavy (non-hydrogen) atoms. The van der Waals surface area contributed by atoms with Gasteiger partial charge in [-0.05, 0) is 67.8 Å². The van der Waals surface area contributed by atoms with Crippen molar-refractivity contribution in [2.24, 2.45) is 0 Å². The Morgan fingerprint density at radius 3 is 2.56 bits per heavy atom. The summed E-state index contributed by atoms with van der Waals surface area (Å²) in [5.41, 5.74) is 1.39. The lowest BCUT2D eigenvalue weighted by molar-refractivity contribution is -0.0312. The molecule has 13 heteroatoms. The number of H-pyrrole nitrogens is 1. The van der Waals surface area contributed by atoms with Crippen molar-refractivity contribution in [3.05, 3.63) is 67.0 Å². The number of aliphatic hydroxyl groups excluding tert-OH is 1. The van der Waals surface area contributed by atoms with E-state index in [0.29, 0.717) is 38.3 Å². The van der Waals surface area contributed by atoms with Crippen LogP contribution in [0.15, 0.2) is 76.8 Å². The lowest BCUT2D eigenvalue weighted by Crippen LogP contribution is -2.47. The third-order valence-corrected chi connectivity index (χ3v) is 11.0. The van der Waals surface area contributed by atoms with Crippen LogP contribution in [0.2, 0.25) is 0 Å². The maximum Gasteiger partial charge on any atom is 0.243 e. The third-order valence-electron chi connectivity index (χ3n) is 7.71. The van der Waals surface area contributed by atoms with Gasteiger partial charge in [-0.2, -0.15) is 4.31 Å². The van der Waals surface area contributed by atoms with Gasteiger partial charge in [0.2, 0.25) is 20.0 Å². The molecule has 222 valence electrons. The van der Waals surface area contributed by atoms with Gasteiger partial charge in [-0.25, -0.2) is 21.6 Å². The Morgan fingerprint density at radius 1 is 1.07 bits per heavy atom. The standard InChI is InChI=1S/C28H36N4O7S2/c1-29-40(34,35)26-6-3-5-25(15-26)38-20-24(33)18-31-23-16-28(39-19-23)9-12-32(13-10-28)41(36,37)27-7-2-4-21(14-27)22-8-11-30-17-22/h2-8,11,14-15,17,23-24,29-31,33H,9-10,12-13,16,18-20H2,1H3. The molecule has 2 unspecified atom stereocenters. The van der Waals surface area contributed by atoms with Gasteiger partial charge in [-0.3, -0.25) is 0 Å². The third kappa shape index (κ3) is 6.83. The van der Waals surface area contributed by atoms with Gasteiger partial charge in [0.05, 0.1) is 22.0 Å². The molecular weight excluding hydrogens is 568 g/mol. The van der Waals surface area contributed by atoms with E-state index in [0.717, 1.165) is 17.5 Å². The highest BCUT2D eigenvalue weighted by molar-refractivity contribution is 7.89. The summed E-state index contributed by atoms with van der Waals surface area (Å²) in [7, 11) is -5.88. The molecule has 2 aliphatic heterocycles. The fraction of sp³-hybridized carbons (Fsp3) is 0.429.